The van der Waals surface area contributed by atoms with Gasteiger partial charge in [-0.2, -0.15) is 0 Å². The number of hydrogen-bond donors (Lipinski definition) is 3. The highest BCUT2D eigenvalue weighted by molar-refractivity contribution is 6.00. The molecule has 1 aromatic heterocycles. The van der Waals surface area contributed by atoms with Gasteiger partial charge in [0.25, 0.3) is 5.91 Å². The Morgan fingerprint density at radius 2 is 2.20 bits per heavy atom. The first-order chi connectivity index (χ1) is 9.61. The first kappa shape index (κ1) is 14.2. The van der Waals surface area contributed by atoms with Crippen molar-refractivity contribution in [1.29, 1.82) is 0 Å². The van der Waals surface area contributed by atoms with Crippen LogP contribution in [0.2, 0.25) is 0 Å². The summed E-state index contributed by atoms with van der Waals surface area (Å²) in [7, 11) is 0. The second kappa shape index (κ2) is 6.26. The van der Waals surface area contributed by atoms with Gasteiger partial charge in [0.2, 0.25) is 0 Å². The number of nitro groups is 1. The van der Waals surface area contributed by atoms with Gasteiger partial charge in [0.15, 0.2) is 6.20 Å². The quantitative estimate of drug-likeness (QED) is 0.407. The monoisotopic (exact) mass is 281 g/mol. The molecule has 4 N–H and O–H groups in total. The molecule has 1 aliphatic rings. The van der Waals surface area contributed by atoms with Gasteiger partial charge in [0, 0.05) is 19.3 Å². The van der Waals surface area contributed by atoms with E-state index in [0.29, 0.717) is 26.1 Å². The minimum Gasteiger partial charge on any atom is -0.381 e. The van der Waals surface area contributed by atoms with E-state index in [-0.39, 0.29) is 17.3 Å². The lowest BCUT2D eigenvalue weighted by Gasteiger charge is -2.23. The zero-order chi connectivity index (χ0) is 14.5. The number of hydrogen-bond acceptors (Lipinski definition) is 7. The van der Waals surface area contributed by atoms with Crippen LogP contribution in [0.15, 0.2) is 12.3 Å². The third kappa shape index (κ3) is 3.19. The van der Waals surface area contributed by atoms with Crippen molar-refractivity contribution >= 4 is 17.4 Å². The number of hydrazine groups is 1. The van der Waals surface area contributed by atoms with Crippen molar-refractivity contribution < 1.29 is 14.5 Å². The van der Waals surface area contributed by atoms with Gasteiger partial charge in [-0.15, -0.1) is 0 Å². The maximum absolute atomic E-state index is 12.2. The Morgan fingerprint density at radius 1 is 1.50 bits per heavy atom. The minimum atomic E-state index is -0.661. The molecule has 9 nitrogen and oxygen atoms in total. The van der Waals surface area contributed by atoms with E-state index in [1.165, 1.54) is 0 Å². The van der Waals surface area contributed by atoms with Gasteiger partial charge in [0.1, 0.15) is 5.69 Å². The molecule has 2 rings (SSSR count). The van der Waals surface area contributed by atoms with Crippen molar-refractivity contribution in [2.75, 3.05) is 18.6 Å². The average molecular weight is 281 g/mol. The molecule has 0 bridgehead atoms. The van der Waals surface area contributed by atoms with Crippen molar-refractivity contribution in [2.45, 2.75) is 18.9 Å². The Balaban J connectivity index is 2.18. The topological polar surface area (TPSA) is 132 Å². The van der Waals surface area contributed by atoms with Crippen LogP contribution >= 0.6 is 0 Å². The zero-order valence-corrected chi connectivity index (χ0v) is 10.7. The molecule has 20 heavy (non-hydrogen) atoms. The van der Waals surface area contributed by atoms with Crippen LogP contribution < -0.4 is 16.6 Å². The van der Waals surface area contributed by atoms with Crippen LogP contribution in [0.4, 0.5) is 11.5 Å². The number of nitrogens with zero attached hydrogens (tertiary/aromatic N) is 2. The fourth-order valence-electron chi connectivity index (χ4n) is 1.95. The van der Waals surface area contributed by atoms with Crippen molar-refractivity contribution in [3.8, 4) is 0 Å². The number of carbonyl (C=O) groups is 1. The van der Waals surface area contributed by atoms with Gasteiger partial charge in [-0.3, -0.25) is 10.6 Å². The van der Waals surface area contributed by atoms with E-state index < -0.39 is 16.6 Å². The summed E-state index contributed by atoms with van der Waals surface area (Å²) in [6.07, 6.45) is 2.59. The van der Waals surface area contributed by atoms with E-state index in [2.05, 4.69) is 15.7 Å². The first-order valence-corrected chi connectivity index (χ1v) is 6.11. The van der Waals surface area contributed by atoms with E-state index in [4.69, 9.17) is 10.6 Å². The maximum Gasteiger partial charge on any atom is 0.364 e. The SMILES string of the molecule is NNc1cnc([N+](=O)[O-])cc1C(=O)NC1CCOCC1. The minimum absolute atomic E-state index is 0.00547. The van der Waals surface area contributed by atoms with Crippen LogP contribution in [0, 0.1) is 10.1 Å². The summed E-state index contributed by atoms with van der Waals surface area (Å²) in [5.74, 6) is 4.47. The van der Waals surface area contributed by atoms with Crippen LogP contribution in [-0.4, -0.2) is 35.1 Å². The van der Waals surface area contributed by atoms with Crippen LogP contribution in [0.25, 0.3) is 0 Å². The summed E-state index contributed by atoms with van der Waals surface area (Å²) in [4.78, 5) is 25.8. The largest absolute Gasteiger partial charge is 0.381 e. The number of ether oxygens (including phenoxy) is 1. The second-order valence-electron chi connectivity index (χ2n) is 4.35. The number of carbonyl (C=O) groups excluding carboxylic acids is 1. The summed E-state index contributed by atoms with van der Waals surface area (Å²) < 4.78 is 5.20. The van der Waals surface area contributed by atoms with Crippen molar-refractivity contribution in [3.63, 3.8) is 0 Å². The molecule has 2 heterocycles. The molecule has 108 valence electrons. The Morgan fingerprint density at radius 3 is 2.80 bits per heavy atom. The fraction of sp³-hybridized carbons (Fsp3) is 0.455. The summed E-state index contributed by atoms with van der Waals surface area (Å²) in [6.45, 7) is 1.17. The van der Waals surface area contributed by atoms with E-state index >= 15 is 0 Å². The Labute approximate surface area is 114 Å². The standard InChI is InChI=1S/C11H15N5O4/c12-15-9-6-13-10(16(18)19)5-8(9)11(17)14-7-1-3-20-4-2-7/h5-7,15H,1-4,12H2,(H,14,17). The summed E-state index contributed by atoms with van der Waals surface area (Å²) in [5, 5.41) is 13.5. The first-order valence-electron chi connectivity index (χ1n) is 6.11. The van der Waals surface area contributed by atoms with Gasteiger partial charge in [-0.1, -0.05) is 0 Å². The fourth-order valence-corrected chi connectivity index (χ4v) is 1.95. The molecule has 0 radical (unpaired) electrons. The molecule has 0 aromatic carbocycles. The molecule has 1 amide bonds. The van der Waals surface area contributed by atoms with Crippen molar-refractivity contribution in [3.05, 3.63) is 27.9 Å². The molecule has 0 atom stereocenters. The van der Waals surface area contributed by atoms with Gasteiger partial charge in [0.05, 0.1) is 11.6 Å². The predicted octanol–water partition coefficient (Wildman–Crippen LogP) is 0.184. The van der Waals surface area contributed by atoms with E-state index in [9.17, 15) is 14.9 Å². The predicted molar refractivity (Wildman–Crippen MR) is 70.0 cm³/mol. The molecule has 0 unspecified atom stereocenters. The van der Waals surface area contributed by atoms with E-state index in [1.54, 1.807) is 0 Å². The summed E-state index contributed by atoms with van der Waals surface area (Å²) in [5.41, 5.74) is 2.64. The van der Waals surface area contributed by atoms with E-state index in [1.807, 2.05) is 0 Å². The number of nitrogen functional groups attached to an aromatic ring is 1. The molecule has 9 heteroatoms. The molecule has 0 aliphatic carbocycles. The highest BCUT2D eigenvalue weighted by Crippen LogP contribution is 2.19. The molecule has 0 saturated carbocycles. The van der Waals surface area contributed by atoms with Crippen LogP contribution in [0.5, 0.6) is 0 Å². The second-order valence-corrected chi connectivity index (χ2v) is 4.35. The summed E-state index contributed by atoms with van der Waals surface area (Å²) >= 11 is 0. The van der Waals surface area contributed by atoms with Crippen LogP contribution in [0.1, 0.15) is 23.2 Å². The van der Waals surface area contributed by atoms with Crippen molar-refractivity contribution in [2.24, 2.45) is 5.84 Å². The number of amides is 1. The number of anilines is 1. The number of nitrogens with two attached hydrogens (primary N) is 1. The van der Waals surface area contributed by atoms with Gasteiger partial charge in [-0.05, 0) is 22.7 Å². The smallest absolute Gasteiger partial charge is 0.364 e. The number of nitrogens with one attached hydrogen (secondary N) is 2. The van der Waals surface area contributed by atoms with Gasteiger partial charge < -0.3 is 25.6 Å². The lowest BCUT2D eigenvalue weighted by molar-refractivity contribution is -0.389. The van der Waals surface area contributed by atoms with Crippen LogP contribution in [-0.2, 0) is 4.74 Å². The Kier molecular flexibility index (Phi) is 4.43. The molecule has 1 aliphatic heterocycles. The van der Waals surface area contributed by atoms with Gasteiger partial charge >= 0.3 is 5.82 Å². The molecular formula is C11H15N5O4. The Bertz CT molecular complexity index is 516. The zero-order valence-electron chi connectivity index (χ0n) is 10.7. The number of aromatic nitrogens is 1. The molecule has 0 spiro atoms. The highest BCUT2D eigenvalue weighted by atomic mass is 16.6. The molecule has 1 fully saturated rings. The van der Waals surface area contributed by atoms with Crippen molar-refractivity contribution in [1.82, 2.24) is 10.3 Å². The average Bonchev–Trinajstić information content (AvgIpc) is 2.47. The molecular weight excluding hydrogens is 266 g/mol. The lowest BCUT2D eigenvalue weighted by Crippen LogP contribution is -2.39. The normalized spacial score (nSPS) is 15.7. The molecule has 1 aromatic rings. The number of pyridine rings is 1. The summed E-state index contributed by atoms with van der Waals surface area (Å²) in [6, 6.07) is 1.10. The maximum atomic E-state index is 12.2. The third-order valence-corrected chi connectivity index (χ3v) is 3.03. The van der Waals surface area contributed by atoms with E-state index in [0.717, 1.165) is 12.3 Å². The lowest BCUT2D eigenvalue weighted by atomic mass is 10.1. The highest BCUT2D eigenvalue weighted by Gasteiger charge is 2.22. The third-order valence-electron chi connectivity index (χ3n) is 3.03. The van der Waals surface area contributed by atoms with Gasteiger partial charge in [-0.25, -0.2) is 0 Å². The van der Waals surface area contributed by atoms with Crippen LogP contribution in [0.3, 0.4) is 0 Å². The molecule has 1 saturated heterocycles. The Hall–Kier alpha value is -2.26. The number of rotatable bonds is 4.